The molecule has 15 heteroatoms. The summed E-state index contributed by atoms with van der Waals surface area (Å²) in [4.78, 5) is 44.4. The van der Waals surface area contributed by atoms with E-state index in [2.05, 4.69) is 57.7 Å². The van der Waals surface area contributed by atoms with Crippen LogP contribution in [0.25, 0.3) is 0 Å². The average Bonchev–Trinajstić information content (AvgIpc) is 3.30. The van der Waals surface area contributed by atoms with Gasteiger partial charge in [-0.3, -0.25) is 19.4 Å². The lowest BCUT2D eigenvalue weighted by atomic mass is 10.2. The molecule has 8 rings (SSSR count). The normalized spacial score (nSPS) is 14.3. The first-order valence-electron chi connectivity index (χ1n) is 20.3. The Balaban J connectivity index is 0.000000177. The summed E-state index contributed by atoms with van der Waals surface area (Å²) in [6.45, 7) is 9.59. The third kappa shape index (κ3) is 14.4. The first-order valence-corrected chi connectivity index (χ1v) is 21.4. The smallest absolute Gasteiger partial charge is 0.293 e. The number of piperazine rings is 2. The minimum absolute atomic E-state index is 0.0607. The Morgan fingerprint density at radius 2 is 1.07 bits per heavy atom. The standard InChI is InChI=1S/C23H25FN4O2.C16H19FN4O2.C7H7Br/c24-20-6-8-21(9-7-20)30-17-16-26-12-14-27(15-13-26)22-23(29)28(11-10-25-22)18-19-4-2-1-3-5-19;17-13-1-3-14(4-2-13)23-12-11-20-7-9-21(10-8-20)15-16(22)19-6-5-18-15;8-6-7-4-2-1-3-5-7/h1-11H,12-18H2;1-6H,7-12H2,(H,19,22);1-5H,6H2. The van der Waals surface area contributed by atoms with Crippen molar-refractivity contribution in [1.82, 2.24) is 29.3 Å². The highest BCUT2D eigenvalue weighted by Crippen LogP contribution is 2.14. The van der Waals surface area contributed by atoms with Gasteiger partial charge in [-0.15, -0.1) is 0 Å². The number of hydrogen-bond donors (Lipinski definition) is 1. The molecular weight excluding hydrogens is 846 g/mol. The molecule has 0 aliphatic carbocycles. The van der Waals surface area contributed by atoms with Gasteiger partial charge in [0.2, 0.25) is 0 Å². The van der Waals surface area contributed by atoms with Crippen molar-refractivity contribution in [3.63, 3.8) is 0 Å². The van der Waals surface area contributed by atoms with Crippen LogP contribution in [0.15, 0.2) is 144 Å². The third-order valence-electron chi connectivity index (χ3n) is 10.1. The Kier molecular flexibility index (Phi) is 17.4. The van der Waals surface area contributed by atoms with Crippen LogP contribution in [0, 0.1) is 11.6 Å². The van der Waals surface area contributed by atoms with E-state index in [1.165, 1.54) is 36.0 Å². The van der Waals surface area contributed by atoms with Gasteiger partial charge in [-0.25, -0.2) is 18.7 Å². The zero-order valence-corrected chi connectivity index (χ0v) is 35.6. The van der Waals surface area contributed by atoms with Gasteiger partial charge in [-0.2, -0.15) is 0 Å². The van der Waals surface area contributed by atoms with Gasteiger partial charge in [0.1, 0.15) is 36.3 Å². The number of nitrogens with zero attached hydrogens (tertiary/aromatic N) is 7. The second kappa shape index (κ2) is 23.8. The van der Waals surface area contributed by atoms with Crippen molar-refractivity contribution < 1.29 is 18.3 Å². The minimum Gasteiger partial charge on any atom is -0.492 e. The molecule has 2 fully saturated rings. The Morgan fingerprint density at radius 3 is 1.54 bits per heavy atom. The number of halogens is 3. The van der Waals surface area contributed by atoms with Crippen LogP contribution < -0.4 is 30.4 Å². The maximum Gasteiger partial charge on any atom is 0.293 e. The predicted molar refractivity (Wildman–Crippen MR) is 239 cm³/mol. The number of aromatic nitrogens is 4. The first kappa shape index (κ1) is 44.6. The highest BCUT2D eigenvalue weighted by molar-refractivity contribution is 9.08. The molecule has 61 heavy (non-hydrogen) atoms. The van der Waals surface area contributed by atoms with Gasteiger partial charge in [0.05, 0.1) is 6.54 Å². The van der Waals surface area contributed by atoms with Crippen LogP contribution >= 0.6 is 15.9 Å². The Labute approximate surface area is 363 Å². The van der Waals surface area contributed by atoms with Crippen LogP contribution in [0.4, 0.5) is 20.4 Å². The predicted octanol–water partition coefficient (Wildman–Crippen LogP) is 6.32. The van der Waals surface area contributed by atoms with Crippen LogP contribution in [0.1, 0.15) is 11.1 Å². The summed E-state index contributed by atoms with van der Waals surface area (Å²) in [5.74, 6) is 1.80. The molecule has 0 saturated carbocycles. The quantitative estimate of drug-likeness (QED) is 0.132. The van der Waals surface area contributed by atoms with Crippen LogP contribution in [-0.2, 0) is 11.9 Å². The maximum atomic E-state index is 12.9. The summed E-state index contributed by atoms with van der Waals surface area (Å²) in [5.41, 5.74) is 2.20. The van der Waals surface area contributed by atoms with Crippen LogP contribution in [-0.4, -0.2) is 108 Å². The SMILES string of the molecule is BrCc1ccccc1.O=c1[nH]ccnc1N1CCN(CCOc2ccc(F)cc2)CC1.O=c1c(N2CCN(CCOc3ccc(F)cc3)CC2)nccn1Cc1ccccc1. The Morgan fingerprint density at radius 1 is 0.590 bits per heavy atom. The Hall–Kier alpha value is -5.90. The molecule has 0 unspecified atom stereocenters. The van der Waals surface area contributed by atoms with Gasteiger partial charge >= 0.3 is 0 Å². The van der Waals surface area contributed by atoms with Gasteiger partial charge in [0, 0.05) is 95.6 Å². The van der Waals surface area contributed by atoms with Crippen LogP contribution in [0.2, 0.25) is 0 Å². The number of benzene rings is 4. The molecule has 320 valence electrons. The van der Waals surface area contributed by atoms with Gasteiger partial charge in [-0.1, -0.05) is 76.6 Å². The summed E-state index contributed by atoms with van der Waals surface area (Å²) in [5, 5.41) is 0.952. The summed E-state index contributed by atoms with van der Waals surface area (Å²) in [6.07, 6.45) is 6.57. The van der Waals surface area contributed by atoms with E-state index in [4.69, 9.17) is 9.47 Å². The molecule has 0 atom stereocenters. The molecule has 0 bridgehead atoms. The number of hydrogen-bond acceptors (Lipinski definition) is 10. The molecular formula is C46H51BrF2N8O4. The number of ether oxygens (including phenoxy) is 2. The molecule has 2 saturated heterocycles. The second-order valence-corrected chi connectivity index (χ2v) is 14.9. The van der Waals surface area contributed by atoms with Crippen molar-refractivity contribution in [1.29, 1.82) is 0 Å². The molecule has 4 aromatic carbocycles. The van der Waals surface area contributed by atoms with Gasteiger partial charge in [0.25, 0.3) is 11.1 Å². The average molecular weight is 898 g/mol. The van der Waals surface area contributed by atoms with E-state index in [1.54, 1.807) is 47.4 Å². The zero-order chi connectivity index (χ0) is 42.7. The number of anilines is 2. The molecule has 1 N–H and O–H groups in total. The van der Waals surface area contributed by atoms with E-state index in [0.29, 0.717) is 42.9 Å². The van der Waals surface area contributed by atoms with Crippen molar-refractivity contribution in [3.8, 4) is 11.5 Å². The largest absolute Gasteiger partial charge is 0.492 e. The van der Waals surface area contributed by atoms with Gasteiger partial charge in [0.15, 0.2) is 11.6 Å². The fraction of sp³-hybridized carbons (Fsp3) is 0.304. The fourth-order valence-corrected chi connectivity index (χ4v) is 7.08. The lowest BCUT2D eigenvalue weighted by Crippen LogP contribution is -2.49. The molecule has 12 nitrogen and oxygen atoms in total. The highest BCUT2D eigenvalue weighted by atomic mass is 79.9. The molecule has 0 spiro atoms. The summed E-state index contributed by atoms with van der Waals surface area (Å²) in [7, 11) is 0. The number of alkyl halides is 1. The van der Waals surface area contributed by atoms with E-state index >= 15 is 0 Å². The van der Waals surface area contributed by atoms with Crippen molar-refractivity contribution in [2.45, 2.75) is 11.9 Å². The van der Waals surface area contributed by atoms with E-state index < -0.39 is 0 Å². The molecule has 6 aromatic rings. The number of nitrogens with one attached hydrogen (secondary N) is 1. The molecule has 0 amide bonds. The molecule has 0 radical (unpaired) electrons. The highest BCUT2D eigenvalue weighted by Gasteiger charge is 2.22. The topological polar surface area (TPSA) is 112 Å². The van der Waals surface area contributed by atoms with Crippen molar-refractivity contribution in [3.05, 3.63) is 177 Å². The zero-order valence-electron chi connectivity index (χ0n) is 34.0. The van der Waals surface area contributed by atoms with Crippen molar-refractivity contribution in [2.24, 2.45) is 0 Å². The maximum absolute atomic E-state index is 12.9. The number of H-pyrrole nitrogens is 1. The van der Waals surface area contributed by atoms with E-state index in [1.807, 2.05) is 53.4 Å². The van der Waals surface area contributed by atoms with Gasteiger partial charge in [-0.05, 0) is 59.7 Å². The van der Waals surface area contributed by atoms with Crippen LogP contribution in [0.5, 0.6) is 11.5 Å². The van der Waals surface area contributed by atoms with E-state index in [9.17, 15) is 18.4 Å². The fourth-order valence-electron chi connectivity index (χ4n) is 6.71. The Bertz CT molecular complexity index is 2290. The molecule has 4 heterocycles. The molecule has 2 aliphatic rings. The lowest BCUT2D eigenvalue weighted by molar-refractivity contribution is 0.200. The number of aromatic amines is 1. The van der Waals surface area contributed by atoms with Gasteiger partial charge < -0.3 is 28.8 Å². The lowest BCUT2D eigenvalue weighted by Gasteiger charge is -2.35. The van der Waals surface area contributed by atoms with Crippen molar-refractivity contribution in [2.75, 3.05) is 88.5 Å². The van der Waals surface area contributed by atoms with Crippen molar-refractivity contribution >= 4 is 27.6 Å². The molecule has 2 aliphatic heterocycles. The third-order valence-corrected chi connectivity index (χ3v) is 10.7. The monoisotopic (exact) mass is 896 g/mol. The first-order chi connectivity index (χ1) is 29.8. The second-order valence-electron chi connectivity index (χ2n) is 14.3. The summed E-state index contributed by atoms with van der Waals surface area (Å²) >= 11 is 3.36. The van der Waals surface area contributed by atoms with E-state index in [0.717, 1.165) is 76.3 Å². The van der Waals surface area contributed by atoms with Crippen LogP contribution in [0.3, 0.4) is 0 Å². The summed E-state index contributed by atoms with van der Waals surface area (Å²) in [6, 6.07) is 32.3. The minimum atomic E-state index is -0.268. The van der Waals surface area contributed by atoms with E-state index in [-0.39, 0.29) is 22.8 Å². The summed E-state index contributed by atoms with van der Waals surface area (Å²) < 4.78 is 38.7. The molecule has 2 aromatic heterocycles. The number of rotatable bonds is 13.